The molecule has 33 heavy (non-hydrogen) atoms. The summed E-state index contributed by atoms with van der Waals surface area (Å²) in [6.45, 7) is 4.81. The molecule has 3 aromatic rings. The molecule has 4 rings (SSSR count). The molecule has 1 fully saturated rings. The van der Waals surface area contributed by atoms with Crippen LogP contribution >= 0.6 is 0 Å². The smallest absolute Gasteiger partial charge is 0.287 e. The van der Waals surface area contributed by atoms with E-state index in [2.05, 4.69) is 10.6 Å². The summed E-state index contributed by atoms with van der Waals surface area (Å²) in [7, 11) is 0. The van der Waals surface area contributed by atoms with Gasteiger partial charge in [0.25, 0.3) is 17.7 Å². The molecule has 2 N–H and O–H groups in total. The van der Waals surface area contributed by atoms with Gasteiger partial charge in [-0.1, -0.05) is 24.3 Å². The number of carbonyl (C=O) groups excluding carboxylic acids is 3. The van der Waals surface area contributed by atoms with Crippen molar-refractivity contribution in [3.05, 3.63) is 88.9 Å². The maximum atomic E-state index is 13.1. The summed E-state index contributed by atoms with van der Waals surface area (Å²) in [5.74, 6) is -0.193. The highest BCUT2D eigenvalue weighted by molar-refractivity contribution is 6.05. The van der Waals surface area contributed by atoms with Gasteiger partial charge >= 0.3 is 0 Å². The largest absolute Gasteiger partial charge is 0.459 e. The fourth-order valence-corrected chi connectivity index (χ4v) is 3.94. The number of hydrogen-bond donors (Lipinski definition) is 2. The minimum absolute atomic E-state index is 0.00945. The summed E-state index contributed by atoms with van der Waals surface area (Å²) in [4.78, 5) is 39.8. The molecule has 7 heteroatoms. The molecule has 1 saturated heterocycles. The van der Waals surface area contributed by atoms with Gasteiger partial charge in [-0.15, -0.1) is 0 Å². The molecule has 1 aliphatic rings. The van der Waals surface area contributed by atoms with Crippen molar-refractivity contribution in [2.45, 2.75) is 32.7 Å². The predicted octanol–water partition coefficient (Wildman–Crippen LogP) is 4.18. The molecule has 0 radical (unpaired) electrons. The first-order chi connectivity index (χ1) is 15.9. The van der Waals surface area contributed by atoms with Crippen LogP contribution in [-0.2, 0) is 0 Å². The first-order valence-corrected chi connectivity index (χ1v) is 11.0. The molecule has 0 unspecified atom stereocenters. The standard InChI is InChI=1S/C26H27N3O4/c1-17-8-9-20(16-22(17)28-24(30)19-6-4-3-5-7-19)26(32)29-13-10-21(11-14-29)27-25(31)23-18(2)12-15-33-23/h3-9,12,15-16,21H,10-11,13-14H2,1-2H3,(H,27,31)(H,28,30). The number of piperidine rings is 1. The van der Waals surface area contributed by atoms with E-state index in [4.69, 9.17) is 4.42 Å². The van der Waals surface area contributed by atoms with Crippen molar-refractivity contribution < 1.29 is 18.8 Å². The first kappa shape index (κ1) is 22.3. The molecule has 0 aliphatic carbocycles. The van der Waals surface area contributed by atoms with Gasteiger partial charge in [-0.2, -0.15) is 0 Å². The van der Waals surface area contributed by atoms with Crippen molar-refractivity contribution in [1.82, 2.24) is 10.2 Å². The Labute approximate surface area is 192 Å². The molecule has 1 aliphatic heterocycles. The van der Waals surface area contributed by atoms with Crippen molar-refractivity contribution in [2.75, 3.05) is 18.4 Å². The number of benzene rings is 2. The summed E-state index contributed by atoms with van der Waals surface area (Å²) in [6.07, 6.45) is 2.84. The molecule has 7 nitrogen and oxygen atoms in total. The van der Waals surface area contributed by atoms with E-state index in [0.717, 1.165) is 11.1 Å². The van der Waals surface area contributed by atoms with Crippen molar-refractivity contribution in [3.8, 4) is 0 Å². The van der Waals surface area contributed by atoms with E-state index in [0.29, 0.717) is 48.5 Å². The van der Waals surface area contributed by atoms with E-state index in [9.17, 15) is 14.4 Å². The van der Waals surface area contributed by atoms with Gasteiger partial charge in [0.1, 0.15) is 0 Å². The van der Waals surface area contributed by atoms with E-state index < -0.39 is 0 Å². The normalized spacial score (nSPS) is 14.1. The Morgan fingerprint density at radius 2 is 1.61 bits per heavy atom. The topological polar surface area (TPSA) is 91.7 Å². The lowest BCUT2D eigenvalue weighted by atomic mass is 10.0. The minimum Gasteiger partial charge on any atom is -0.459 e. The summed E-state index contributed by atoms with van der Waals surface area (Å²) in [5.41, 5.74) is 3.38. The van der Waals surface area contributed by atoms with E-state index in [1.54, 1.807) is 35.2 Å². The van der Waals surface area contributed by atoms with Gasteiger partial charge in [0, 0.05) is 41.5 Å². The predicted molar refractivity (Wildman–Crippen MR) is 125 cm³/mol. The van der Waals surface area contributed by atoms with Gasteiger partial charge in [-0.3, -0.25) is 14.4 Å². The fourth-order valence-electron chi connectivity index (χ4n) is 3.94. The van der Waals surface area contributed by atoms with Gasteiger partial charge in [0.15, 0.2) is 5.76 Å². The molecular weight excluding hydrogens is 418 g/mol. The highest BCUT2D eigenvalue weighted by Crippen LogP contribution is 2.21. The van der Waals surface area contributed by atoms with E-state index in [-0.39, 0.29) is 23.8 Å². The lowest BCUT2D eigenvalue weighted by Gasteiger charge is -2.32. The number of anilines is 1. The minimum atomic E-state index is -0.223. The van der Waals surface area contributed by atoms with Gasteiger partial charge in [-0.25, -0.2) is 0 Å². The number of hydrogen-bond acceptors (Lipinski definition) is 4. The zero-order valence-electron chi connectivity index (χ0n) is 18.8. The Hall–Kier alpha value is -3.87. The molecule has 0 atom stereocenters. The lowest BCUT2D eigenvalue weighted by Crippen LogP contribution is -2.46. The molecular formula is C26H27N3O4. The number of amides is 3. The number of likely N-dealkylation sites (tertiary alicyclic amines) is 1. The number of aryl methyl sites for hydroxylation is 2. The Kier molecular flexibility index (Phi) is 6.58. The molecule has 2 aromatic carbocycles. The van der Waals surface area contributed by atoms with Crippen LogP contribution in [0.4, 0.5) is 5.69 Å². The zero-order valence-corrected chi connectivity index (χ0v) is 18.8. The van der Waals surface area contributed by atoms with Crippen LogP contribution in [0.25, 0.3) is 0 Å². The van der Waals surface area contributed by atoms with Crippen LogP contribution in [0.2, 0.25) is 0 Å². The molecule has 170 valence electrons. The average molecular weight is 446 g/mol. The summed E-state index contributed by atoms with van der Waals surface area (Å²) >= 11 is 0. The van der Waals surface area contributed by atoms with Crippen molar-refractivity contribution >= 4 is 23.4 Å². The Morgan fingerprint density at radius 3 is 2.27 bits per heavy atom. The summed E-state index contributed by atoms with van der Waals surface area (Å²) in [6, 6.07) is 16.1. The number of rotatable bonds is 5. The third-order valence-corrected chi connectivity index (χ3v) is 5.95. The van der Waals surface area contributed by atoms with E-state index in [1.165, 1.54) is 6.26 Å². The quantitative estimate of drug-likeness (QED) is 0.616. The molecule has 0 spiro atoms. The number of carbonyl (C=O) groups is 3. The van der Waals surface area contributed by atoms with Crippen LogP contribution in [0.15, 0.2) is 65.3 Å². The molecule has 3 amide bonds. The Balaban J connectivity index is 1.37. The Bertz CT molecular complexity index is 1160. The second kappa shape index (κ2) is 9.73. The third kappa shape index (κ3) is 5.14. The zero-order chi connectivity index (χ0) is 23.4. The molecule has 0 bridgehead atoms. The third-order valence-electron chi connectivity index (χ3n) is 5.95. The van der Waals surface area contributed by atoms with Crippen molar-refractivity contribution in [1.29, 1.82) is 0 Å². The van der Waals surface area contributed by atoms with Crippen molar-refractivity contribution in [2.24, 2.45) is 0 Å². The highest BCUT2D eigenvalue weighted by Gasteiger charge is 2.26. The summed E-state index contributed by atoms with van der Waals surface area (Å²) in [5, 5.41) is 5.90. The maximum Gasteiger partial charge on any atom is 0.287 e. The van der Waals surface area contributed by atoms with Gasteiger partial charge in [0.2, 0.25) is 0 Å². The molecule has 0 saturated carbocycles. The van der Waals surface area contributed by atoms with E-state index >= 15 is 0 Å². The lowest BCUT2D eigenvalue weighted by molar-refractivity contribution is 0.0695. The van der Waals surface area contributed by atoms with Gasteiger partial charge in [-0.05, 0) is 62.6 Å². The maximum absolute atomic E-state index is 13.1. The van der Waals surface area contributed by atoms with Crippen LogP contribution < -0.4 is 10.6 Å². The second-order valence-electron chi connectivity index (χ2n) is 8.32. The second-order valence-corrected chi connectivity index (χ2v) is 8.32. The Morgan fingerprint density at radius 1 is 0.879 bits per heavy atom. The van der Waals surface area contributed by atoms with Crippen LogP contribution in [-0.4, -0.2) is 41.8 Å². The van der Waals surface area contributed by atoms with Crippen LogP contribution in [0.5, 0.6) is 0 Å². The number of nitrogens with zero attached hydrogens (tertiary/aromatic N) is 1. The van der Waals surface area contributed by atoms with Crippen LogP contribution in [0.1, 0.15) is 55.2 Å². The number of furan rings is 1. The number of nitrogens with one attached hydrogen (secondary N) is 2. The molecule has 2 heterocycles. The molecule has 1 aromatic heterocycles. The first-order valence-electron chi connectivity index (χ1n) is 11.0. The van der Waals surface area contributed by atoms with Crippen molar-refractivity contribution in [3.63, 3.8) is 0 Å². The van der Waals surface area contributed by atoms with Gasteiger partial charge < -0.3 is 20.0 Å². The fraction of sp³-hybridized carbons (Fsp3) is 0.269. The SMILES string of the molecule is Cc1ccc(C(=O)N2CCC(NC(=O)c3occc3C)CC2)cc1NC(=O)c1ccccc1. The van der Waals surface area contributed by atoms with Crippen LogP contribution in [0.3, 0.4) is 0 Å². The van der Waals surface area contributed by atoms with E-state index in [1.807, 2.05) is 38.1 Å². The highest BCUT2D eigenvalue weighted by atomic mass is 16.3. The average Bonchev–Trinajstić information content (AvgIpc) is 3.27. The van der Waals surface area contributed by atoms with Gasteiger partial charge in [0.05, 0.1) is 6.26 Å². The summed E-state index contributed by atoms with van der Waals surface area (Å²) < 4.78 is 5.25. The monoisotopic (exact) mass is 445 g/mol. The van der Waals surface area contributed by atoms with Crippen LogP contribution in [0, 0.1) is 13.8 Å².